The highest BCUT2D eigenvalue weighted by atomic mass is 16.5. The van der Waals surface area contributed by atoms with Crippen molar-refractivity contribution in [1.29, 1.82) is 0 Å². The molecule has 104 valence electrons. The van der Waals surface area contributed by atoms with E-state index in [9.17, 15) is 9.59 Å². The Hall–Kier alpha value is -2.83. The number of amides is 1. The van der Waals surface area contributed by atoms with Crippen LogP contribution in [0.5, 0.6) is 5.75 Å². The Labute approximate surface area is 114 Å². The van der Waals surface area contributed by atoms with Gasteiger partial charge in [-0.15, -0.1) is 0 Å². The molecule has 0 atom stereocenters. The molecule has 7 heteroatoms. The summed E-state index contributed by atoms with van der Waals surface area (Å²) in [7, 11) is 1.63. The summed E-state index contributed by atoms with van der Waals surface area (Å²) in [6, 6.07) is 6.36. The minimum absolute atomic E-state index is 0.0281. The van der Waals surface area contributed by atoms with Crippen LogP contribution in [0.1, 0.15) is 26.4 Å². The molecule has 0 aliphatic heterocycles. The number of carbonyl (C=O) groups excluding carboxylic acids is 1. The highest BCUT2D eigenvalue weighted by Gasteiger charge is 2.15. The van der Waals surface area contributed by atoms with Crippen molar-refractivity contribution >= 4 is 11.9 Å². The SMILES string of the molecule is Cn1ncc(C(=O)O)c1COc1cccc(C(N)=O)c1. The number of nitrogens with zero attached hydrogens (tertiary/aromatic N) is 2. The van der Waals surface area contributed by atoms with Crippen LogP contribution < -0.4 is 10.5 Å². The van der Waals surface area contributed by atoms with Crippen molar-refractivity contribution in [2.45, 2.75) is 6.61 Å². The summed E-state index contributed by atoms with van der Waals surface area (Å²) < 4.78 is 6.91. The maximum Gasteiger partial charge on any atom is 0.339 e. The van der Waals surface area contributed by atoms with Crippen LogP contribution in [-0.4, -0.2) is 26.8 Å². The third-order valence-electron chi connectivity index (χ3n) is 2.79. The van der Waals surface area contributed by atoms with Gasteiger partial charge in [0.2, 0.25) is 5.91 Å². The van der Waals surface area contributed by atoms with Crippen LogP contribution in [0.25, 0.3) is 0 Å². The van der Waals surface area contributed by atoms with Gasteiger partial charge in [0.1, 0.15) is 17.9 Å². The molecule has 0 saturated carbocycles. The van der Waals surface area contributed by atoms with E-state index in [0.717, 1.165) is 0 Å². The number of aromatic nitrogens is 2. The first-order valence-electron chi connectivity index (χ1n) is 5.76. The first-order valence-corrected chi connectivity index (χ1v) is 5.76. The quantitative estimate of drug-likeness (QED) is 0.839. The number of carboxylic acids is 1. The zero-order valence-corrected chi connectivity index (χ0v) is 10.7. The fraction of sp³-hybridized carbons (Fsp3) is 0.154. The Morgan fingerprint density at radius 3 is 2.85 bits per heavy atom. The summed E-state index contributed by atoms with van der Waals surface area (Å²) >= 11 is 0. The van der Waals surface area contributed by atoms with Crippen molar-refractivity contribution in [3.05, 3.63) is 47.3 Å². The molecule has 1 aromatic carbocycles. The zero-order chi connectivity index (χ0) is 14.7. The highest BCUT2D eigenvalue weighted by Crippen LogP contribution is 2.16. The molecular formula is C13H13N3O4. The summed E-state index contributed by atoms with van der Waals surface area (Å²) in [5, 5.41) is 12.9. The van der Waals surface area contributed by atoms with E-state index in [1.54, 1.807) is 25.2 Å². The molecule has 0 spiro atoms. The Morgan fingerprint density at radius 1 is 1.45 bits per heavy atom. The number of ether oxygens (including phenoxy) is 1. The minimum Gasteiger partial charge on any atom is -0.487 e. The highest BCUT2D eigenvalue weighted by molar-refractivity contribution is 5.93. The Morgan fingerprint density at radius 2 is 2.20 bits per heavy atom. The van der Waals surface area contributed by atoms with Gasteiger partial charge >= 0.3 is 5.97 Å². The fourth-order valence-electron chi connectivity index (χ4n) is 1.70. The van der Waals surface area contributed by atoms with E-state index in [4.69, 9.17) is 15.6 Å². The number of benzene rings is 1. The van der Waals surface area contributed by atoms with E-state index >= 15 is 0 Å². The van der Waals surface area contributed by atoms with Crippen LogP contribution >= 0.6 is 0 Å². The molecule has 1 amide bonds. The van der Waals surface area contributed by atoms with Gasteiger partial charge in [0.05, 0.1) is 11.9 Å². The van der Waals surface area contributed by atoms with Gasteiger partial charge in [-0.3, -0.25) is 9.48 Å². The number of rotatable bonds is 5. The lowest BCUT2D eigenvalue weighted by atomic mass is 10.2. The van der Waals surface area contributed by atoms with Gasteiger partial charge in [-0.25, -0.2) is 4.79 Å². The Kier molecular flexibility index (Phi) is 3.69. The molecule has 7 nitrogen and oxygen atoms in total. The average molecular weight is 275 g/mol. The molecule has 1 heterocycles. The number of carboxylic acid groups (broad SMARTS) is 1. The molecule has 0 fully saturated rings. The summed E-state index contributed by atoms with van der Waals surface area (Å²) in [5.41, 5.74) is 6.01. The van der Waals surface area contributed by atoms with E-state index in [1.165, 1.54) is 16.9 Å². The van der Waals surface area contributed by atoms with Crippen molar-refractivity contribution < 1.29 is 19.4 Å². The van der Waals surface area contributed by atoms with Crippen molar-refractivity contribution in [3.63, 3.8) is 0 Å². The van der Waals surface area contributed by atoms with E-state index in [1.807, 2.05) is 0 Å². The van der Waals surface area contributed by atoms with Crippen LogP contribution in [0.2, 0.25) is 0 Å². The van der Waals surface area contributed by atoms with Gasteiger partial charge in [0.25, 0.3) is 0 Å². The maximum atomic E-state index is 11.1. The lowest BCUT2D eigenvalue weighted by Crippen LogP contribution is -2.11. The maximum absolute atomic E-state index is 11.1. The van der Waals surface area contributed by atoms with E-state index in [-0.39, 0.29) is 12.2 Å². The molecule has 0 aliphatic carbocycles. The minimum atomic E-state index is -1.07. The average Bonchev–Trinajstić information content (AvgIpc) is 2.78. The van der Waals surface area contributed by atoms with Crippen molar-refractivity contribution in [3.8, 4) is 5.75 Å². The van der Waals surface area contributed by atoms with Gasteiger partial charge < -0.3 is 15.6 Å². The van der Waals surface area contributed by atoms with Gasteiger partial charge in [0.15, 0.2) is 0 Å². The van der Waals surface area contributed by atoms with Crippen LogP contribution in [0.3, 0.4) is 0 Å². The van der Waals surface area contributed by atoms with Gasteiger partial charge in [0, 0.05) is 12.6 Å². The number of carbonyl (C=O) groups is 2. The van der Waals surface area contributed by atoms with Crippen LogP contribution in [0.15, 0.2) is 30.5 Å². The van der Waals surface area contributed by atoms with Gasteiger partial charge in [-0.2, -0.15) is 5.10 Å². The summed E-state index contributed by atoms with van der Waals surface area (Å²) in [5.74, 6) is -1.19. The Balaban J connectivity index is 2.17. The predicted molar refractivity (Wildman–Crippen MR) is 69.5 cm³/mol. The zero-order valence-electron chi connectivity index (χ0n) is 10.7. The van der Waals surface area contributed by atoms with Crippen LogP contribution in [-0.2, 0) is 13.7 Å². The number of primary amides is 1. The summed E-state index contributed by atoms with van der Waals surface area (Å²) in [4.78, 5) is 22.1. The van der Waals surface area contributed by atoms with Crippen LogP contribution in [0, 0.1) is 0 Å². The molecule has 0 saturated heterocycles. The molecule has 0 bridgehead atoms. The molecule has 2 rings (SSSR count). The largest absolute Gasteiger partial charge is 0.487 e. The van der Waals surface area contributed by atoms with Gasteiger partial charge in [-0.1, -0.05) is 6.07 Å². The first kappa shape index (κ1) is 13.6. The third-order valence-corrected chi connectivity index (χ3v) is 2.79. The van der Waals surface area contributed by atoms with Crippen molar-refractivity contribution in [2.75, 3.05) is 0 Å². The van der Waals surface area contributed by atoms with E-state index in [2.05, 4.69) is 5.10 Å². The summed E-state index contributed by atoms with van der Waals surface area (Å²) in [6.45, 7) is 0.0281. The van der Waals surface area contributed by atoms with Gasteiger partial charge in [-0.05, 0) is 18.2 Å². The molecule has 3 N–H and O–H groups in total. The van der Waals surface area contributed by atoms with Crippen molar-refractivity contribution in [2.24, 2.45) is 12.8 Å². The lowest BCUT2D eigenvalue weighted by Gasteiger charge is -2.08. The van der Waals surface area contributed by atoms with Crippen molar-refractivity contribution in [1.82, 2.24) is 9.78 Å². The molecule has 0 unspecified atom stereocenters. The normalized spacial score (nSPS) is 10.2. The number of nitrogens with two attached hydrogens (primary N) is 1. The predicted octanol–water partition coefficient (Wildman–Crippen LogP) is 0.796. The Bertz CT molecular complexity index is 663. The van der Waals surface area contributed by atoms with Crippen LogP contribution in [0.4, 0.5) is 0 Å². The van der Waals surface area contributed by atoms with E-state index < -0.39 is 11.9 Å². The molecular weight excluding hydrogens is 262 g/mol. The molecule has 0 radical (unpaired) electrons. The number of hydrogen-bond acceptors (Lipinski definition) is 4. The smallest absolute Gasteiger partial charge is 0.339 e. The fourth-order valence-corrected chi connectivity index (χ4v) is 1.70. The molecule has 2 aromatic rings. The monoisotopic (exact) mass is 275 g/mol. The summed E-state index contributed by atoms with van der Waals surface area (Å²) in [6.07, 6.45) is 1.26. The molecule has 1 aromatic heterocycles. The molecule has 20 heavy (non-hydrogen) atoms. The molecule has 0 aliphatic rings. The second-order valence-electron chi connectivity index (χ2n) is 4.11. The lowest BCUT2D eigenvalue weighted by molar-refractivity contribution is 0.0693. The van der Waals surface area contributed by atoms with E-state index in [0.29, 0.717) is 17.0 Å². The number of aryl methyl sites for hydroxylation is 1. The number of aromatic carboxylic acids is 1. The first-order chi connectivity index (χ1) is 9.49. The second kappa shape index (κ2) is 5.43. The second-order valence-corrected chi connectivity index (χ2v) is 4.11. The standard InChI is InChI=1S/C13H13N3O4/c1-16-11(10(6-15-16)13(18)19)7-20-9-4-2-3-8(5-9)12(14)17/h2-6H,7H2,1H3,(H2,14,17)(H,18,19). The third kappa shape index (κ3) is 2.77. The topological polar surface area (TPSA) is 107 Å². The number of hydrogen-bond donors (Lipinski definition) is 2.